The number of benzene rings is 1. The van der Waals surface area contributed by atoms with Gasteiger partial charge in [-0.3, -0.25) is 14.6 Å². The highest BCUT2D eigenvalue weighted by Gasteiger charge is 2.34. The lowest BCUT2D eigenvalue weighted by Crippen LogP contribution is -2.52. The number of carbonyl (C=O) groups excluding carboxylic acids is 1. The number of ketones is 1. The molecule has 20 heavy (non-hydrogen) atoms. The van der Waals surface area contributed by atoms with E-state index in [4.69, 9.17) is 0 Å². The van der Waals surface area contributed by atoms with Crippen LogP contribution in [0.2, 0.25) is 0 Å². The lowest BCUT2D eigenvalue weighted by Gasteiger charge is -2.38. The van der Waals surface area contributed by atoms with E-state index in [1.807, 2.05) is 30.3 Å². The molecule has 2 fully saturated rings. The van der Waals surface area contributed by atoms with Gasteiger partial charge in [-0.1, -0.05) is 37.3 Å². The SMILES string of the molecule is CCC(C(=O)c1ccccc1)N1CCN(C2CC2)CC1. The largest absolute Gasteiger partial charge is 0.298 e. The minimum Gasteiger partial charge on any atom is -0.298 e. The van der Waals surface area contributed by atoms with E-state index in [9.17, 15) is 4.79 Å². The number of carbonyl (C=O) groups is 1. The molecule has 1 heterocycles. The summed E-state index contributed by atoms with van der Waals surface area (Å²) < 4.78 is 0. The standard InChI is InChI=1S/C17H24N2O/c1-2-16(17(20)14-6-4-3-5-7-14)19-12-10-18(11-13-19)15-8-9-15/h3-7,15-16H,2,8-13H2,1H3. The molecule has 1 aliphatic heterocycles. The monoisotopic (exact) mass is 272 g/mol. The minimum absolute atomic E-state index is 0.0544. The number of piperazine rings is 1. The Morgan fingerprint density at radius 2 is 1.80 bits per heavy atom. The third-order valence-corrected chi connectivity index (χ3v) is 4.60. The van der Waals surface area contributed by atoms with Gasteiger partial charge in [-0.25, -0.2) is 0 Å². The maximum Gasteiger partial charge on any atom is 0.179 e. The van der Waals surface area contributed by atoms with Crippen LogP contribution in [0.25, 0.3) is 0 Å². The van der Waals surface area contributed by atoms with Crippen molar-refractivity contribution in [2.45, 2.75) is 38.3 Å². The second-order valence-electron chi connectivity index (χ2n) is 5.96. The van der Waals surface area contributed by atoms with Crippen molar-refractivity contribution in [1.29, 1.82) is 0 Å². The van der Waals surface area contributed by atoms with Gasteiger partial charge in [-0.15, -0.1) is 0 Å². The van der Waals surface area contributed by atoms with Gasteiger partial charge in [-0.2, -0.15) is 0 Å². The van der Waals surface area contributed by atoms with Crippen LogP contribution in [0.1, 0.15) is 36.5 Å². The summed E-state index contributed by atoms with van der Waals surface area (Å²) in [5.41, 5.74) is 0.851. The number of rotatable bonds is 5. The zero-order chi connectivity index (χ0) is 13.9. The summed E-state index contributed by atoms with van der Waals surface area (Å²) in [4.78, 5) is 17.6. The van der Waals surface area contributed by atoms with Gasteiger partial charge in [0.2, 0.25) is 0 Å². The van der Waals surface area contributed by atoms with E-state index >= 15 is 0 Å². The van der Waals surface area contributed by atoms with Crippen LogP contribution in [-0.4, -0.2) is 53.8 Å². The number of hydrogen-bond donors (Lipinski definition) is 0. The molecule has 3 nitrogen and oxygen atoms in total. The Morgan fingerprint density at radius 3 is 2.35 bits per heavy atom. The molecule has 1 aromatic rings. The fourth-order valence-corrected chi connectivity index (χ4v) is 3.26. The highest BCUT2D eigenvalue weighted by Crippen LogP contribution is 2.28. The molecule has 0 spiro atoms. The molecule has 108 valence electrons. The van der Waals surface area contributed by atoms with Crippen molar-refractivity contribution in [3.8, 4) is 0 Å². The molecule has 1 atom stereocenters. The third-order valence-electron chi connectivity index (χ3n) is 4.60. The first kappa shape index (κ1) is 13.8. The molecule has 1 aromatic carbocycles. The van der Waals surface area contributed by atoms with Crippen LogP contribution < -0.4 is 0 Å². The third kappa shape index (κ3) is 2.94. The zero-order valence-corrected chi connectivity index (χ0v) is 12.3. The number of Topliss-reactive ketones (excluding diaryl/α,β-unsaturated/α-hetero) is 1. The summed E-state index contributed by atoms with van der Waals surface area (Å²) >= 11 is 0. The van der Waals surface area contributed by atoms with E-state index in [-0.39, 0.29) is 11.8 Å². The lowest BCUT2D eigenvalue weighted by atomic mass is 10.00. The smallest absolute Gasteiger partial charge is 0.179 e. The molecule has 1 saturated heterocycles. The van der Waals surface area contributed by atoms with Crippen LogP contribution in [0.4, 0.5) is 0 Å². The van der Waals surface area contributed by atoms with Gasteiger partial charge in [0.05, 0.1) is 6.04 Å². The van der Waals surface area contributed by atoms with Gasteiger partial charge < -0.3 is 0 Å². The summed E-state index contributed by atoms with van der Waals surface area (Å²) in [6, 6.07) is 10.6. The van der Waals surface area contributed by atoms with Crippen molar-refractivity contribution >= 4 is 5.78 Å². The summed E-state index contributed by atoms with van der Waals surface area (Å²) in [6.07, 6.45) is 3.65. The first-order chi connectivity index (χ1) is 9.79. The second-order valence-corrected chi connectivity index (χ2v) is 5.96. The molecule has 1 saturated carbocycles. The van der Waals surface area contributed by atoms with Gasteiger partial charge in [0.15, 0.2) is 5.78 Å². The van der Waals surface area contributed by atoms with E-state index in [0.29, 0.717) is 0 Å². The molecular weight excluding hydrogens is 248 g/mol. The topological polar surface area (TPSA) is 23.6 Å². The first-order valence-electron chi connectivity index (χ1n) is 7.87. The van der Waals surface area contributed by atoms with Crippen molar-refractivity contribution in [3.05, 3.63) is 35.9 Å². The van der Waals surface area contributed by atoms with Crippen LogP contribution in [0.5, 0.6) is 0 Å². The fourth-order valence-electron chi connectivity index (χ4n) is 3.26. The van der Waals surface area contributed by atoms with Crippen LogP contribution in [0, 0.1) is 0 Å². The van der Waals surface area contributed by atoms with Gasteiger partial charge in [0.1, 0.15) is 0 Å². The minimum atomic E-state index is 0.0544. The predicted molar refractivity (Wildman–Crippen MR) is 81.0 cm³/mol. The lowest BCUT2D eigenvalue weighted by molar-refractivity contribution is 0.0643. The summed E-state index contributed by atoms with van der Waals surface area (Å²) in [5.74, 6) is 0.285. The molecular formula is C17H24N2O. The average molecular weight is 272 g/mol. The number of hydrogen-bond acceptors (Lipinski definition) is 3. The van der Waals surface area contributed by atoms with Crippen molar-refractivity contribution in [2.24, 2.45) is 0 Å². The zero-order valence-electron chi connectivity index (χ0n) is 12.3. The highest BCUT2D eigenvalue weighted by atomic mass is 16.1. The van der Waals surface area contributed by atoms with E-state index in [1.165, 1.54) is 12.8 Å². The molecule has 3 rings (SSSR count). The normalized spacial score (nSPS) is 22.6. The maximum absolute atomic E-state index is 12.6. The van der Waals surface area contributed by atoms with E-state index in [1.54, 1.807) is 0 Å². The van der Waals surface area contributed by atoms with E-state index in [0.717, 1.165) is 44.2 Å². The second kappa shape index (κ2) is 6.06. The molecule has 0 radical (unpaired) electrons. The molecule has 0 amide bonds. The van der Waals surface area contributed by atoms with Gasteiger partial charge in [-0.05, 0) is 19.3 Å². The molecule has 2 aliphatic rings. The molecule has 0 aromatic heterocycles. The average Bonchev–Trinajstić information content (AvgIpc) is 3.34. The van der Waals surface area contributed by atoms with Gasteiger partial charge in [0, 0.05) is 37.8 Å². The molecule has 1 unspecified atom stereocenters. The first-order valence-corrected chi connectivity index (χ1v) is 7.87. The number of nitrogens with zero attached hydrogens (tertiary/aromatic N) is 2. The van der Waals surface area contributed by atoms with Crippen molar-refractivity contribution < 1.29 is 4.79 Å². The van der Waals surface area contributed by atoms with E-state index < -0.39 is 0 Å². The summed E-state index contributed by atoms with van der Waals surface area (Å²) in [6.45, 7) is 6.45. The van der Waals surface area contributed by atoms with Crippen molar-refractivity contribution in [2.75, 3.05) is 26.2 Å². The van der Waals surface area contributed by atoms with Crippen molar-refractivity contribution in [3.63, 3.8) is 0 Å². The van der Waals surface area contributed by atoms with E-state index in [2.05, 4.69) is 16.7 Å². The van der Waals surface area contributed by atoms with Gasteiger partial charge >= 0.3 is 0 Å². The Balaban J connectivity index is 1.63. The quantitative estimate of drug-likeness (QED) is 0.769. The molecule has 0 bridgehead atoms. The van der Waals surface area contributed by atoms with Gasteiger partial charge in [0.25, 0.3) is 0 Å². The fraction of sp³-hybridized carbons (Fsp3) is 0.588. The molecule has 1 aliphatic carbocycles. The maximum atomic E-state index is 12.6. The molecule has 3 heteroatoms. The summed E-state index contributed by atoms with van der Waals surface area (Å²) in [7, 11) is 0. The van der Waals surface area contributed by atoms with Crippen LogP contribution in [-0.2, 0) is 0 Å². The predicted octanol–water partition coefficient (Wildman–Crippen LogP) is 2.43. The van der Waals surface area contributed by atoms with Crippen LogP contribution in [0.15, 0.2) is 30.3 Å². The molecule has 0 N–H and O–H groups in total. The van der Waals surface area contributed by atoms with Crippen LogP contribution in [0.3, 0.4) is 0 Å². The Labute approximate surface area is 121 Å². The highest BCUT2D eigenvalue weighted by molar-refractivity contribution is 6.00. The Kier molecular flexibility index (Phi) is 4.18. The van der Waals surface area contributed by atoms with Crippen LogP contribution >= 0.6 is 0 Å². The summed E-state index contributed by atoms with van der Waals surface area (Å²) in [5, 5.41) is 0. The Morgan fingerprint density at radius 1 is 1.15 bits per heavy atom. The van der Waals surface area contributed by atoms with Crippen molar-refractivity contribution in [1.82, 2.24) is 9.80 Å². The Hall–Kier alpha value is -1.19. The Bertz CT molecular complexity index is 447.